The van der Waals surface area contributed by atoms with E-state index < -0.39 is 0 Å². The van der Waals surface area contributed by atoms with Gasteiger partial charge in [-0.05, 0) is 30.2 Å². The van der Waals surface area contributed by atoms with Crippen molar-refractivity contribution in [1.29, 1.82) is 5.26 Å². The van der Waals surface area contributed by atoms with E-state index in [1.807, 2.05) is 55.5 Å². The minimum Gasteiger partial charge on any atom is -0.382 e. The molecule has 0 aliphatic rings. The molecule has 1 unspecified atom stereocenters. The predicted molar refractivity (Wildman–Crippen MR) is 79.5 cm³/mol. The Morgan fingerprint density at radius 3 is 2.63 bits per heavy atom. The van der Waals surface area contributed by atoms with Crippen LogP contribution in [0.5, 0.6) is 0 Å². The van der Waals surface area contributed by atoms with Gasteiger partial charge in [-0.15, -0.1) is 0 Å². The smallest absolute Gasteiger partial charge is 0.0885 e. The number of nitrogens with zero attached hydrogens (tertiary/aromatic N) is 1. The number of aryl methyl sites for hydroxylation is 1. The quantitative estimate of drug-likeness (QED) is 0.896. The monoisotopic (exact) mass is 270 g/mol. The summed E-state index contributed by atoms with van der Waals surface area (Å²) in [6.45, 7) is 2.56. The molecule has 0 radical (unpaired) electrons. The van der Waals surface area contributed by atoms with Crippen LogP contribution in [0.15, 0.2) is 48.5 Å². The largest absolute Gasteiger partial charge is 0.382 e. The van der Waals surface area contributed by atoms with Crippen LogP contribution in [-0.4, -0.2) is 6.54 Å². The van der Waals surface area contributed by atoms with Crippen LogP contribution >= 0.6 is 11.6 Å². The molecule has 0 aliphatic carbocycles. The normalized spacial score (nSPS) is 11.6. The fourth-order valence-corrected chi connectivity index (χ4v) is 2.09. The molecule has 1 atom stereocenters. The van der Waals surface area contributed by atoms with Crippen molar-refractivity contribution in [2.45, 2.75) is 12.8 Å². The van der Waals surface area contributed by atoms with Crippen molar-refractivity contribution < 1.29 is 0 Å². The summed E-state index contributed by atoms with van der Waals surface area (Å²) in [5.74, 6) is -0.183. The van der Waals surface area contributed by atoms with E-state index in [0.717, 1.165) is 16.8 Å². The molecule has 0 saturated carbocycles. The van der Waals surface area contributed by atoms with E-state index in [0.29, 0.717) is 11.6 Å². The molecule has 0 amide bonds. The van der Waals surface area contributed by atoms with Crippen LogP contribution in [0.3, 0.4) is 0 Å². The van der Waals surface area contributed by atoms with Gasteiger partial charge in [0.1, 0.15) is 0 Å². The van der Waals surface area contributed by atoms with Crippen LogP contribution < -0.4 is 5.32 Å². The van der Waals surface area contributed by atoms with Crippen LogP contribution in [0.1, 0.15) is 17.0 Å². The van der Waals surface area contributed by atoms with E-state index in [1.165, 1.54) is 0 Å². The van der Waals surface area contributed by atoms with E-state index in [4.69, 9.17) is 11.6 Å². The number of benzene rings is 2. The lowest BCUT2D eigenvalue weighted by Crippen LogP contribution is -2.11. The summed E-state index contributed by atoms with van der Waals surface area (Å²) in [5, 5.41) is 13.2. The molecule has 2 rings (SSSR count). The highest BCUT2D eigenvalue weighted by molar-refractivity contribution is 6.33. The first-order chi connectivity index (χ1) is 9.20. The molecule has 2 nitrogen and oxygen atoms in total. The van der Waals surface area contributed by atoms with Crippen LogP contribution in [0, 0.1) is 18.3 Å². The number of anilines is 1. The lowest BCUT2D eigenvalue weighted by Gasteiger charge is -2.13. The van der Waals surface area contributed by atoms with Gasteiger partial charge in [0.2, 0.25) is 0 Å². The second-order valence-electron chi connectivity index (χ2n) is 4.46. The minimum atomic E-state index is -0.183. The van der Waals surface area contributed by atoms with Crippen LogP contribution in [-0.2, 0) is 0 Å². The lowest BCUT2D eigenvalue weighted by atomic mass is 10.0. The first kappa shape index (κ1) is 13.5. The van der Waals surface area contributed by atoms with Crippen LogP contribution in [0.25, 0.3) is 0 Å². The number of halogens is 1. The average molecular weight is 271 g/mol. The third-order valence-electron chi connectivity index (χ3n) is 2.98. The molecule has 96 valence electrons. The highest BCUT2D eigenvalue weighted by Gasteiger charge is 2.10. The molecular weight excluding hydrogens is 256 g/mol. The summed E-state index contributed by atoms with van der Waals surface area (Å²) in [6.07, 6.45) is 0. The molecule has 19 heavy (non-hydrogen) atoms. The van der Waals surface area contributed by atoms with Gasteiger partial charge in [0.15, 0.2) is 0 Å². The van der Waals surface area contributed by atoms with E-state index in [-0.39, 0.29) is 5.92 Å². The zero-order valence-corrected chi connectivity index (χ0v) is 11.5. The molecule has 0 aliphatic heterocycles. The van der Waals surface area contributed by atoms with Gasteiger partial charge in [0, 0.05) is 6.54 Å². The van der Waals surface area contributed by atoms with Gasteiger partial charge in [-0.2, -0.15) is 5.26 Å². The standard InChI is InChI=1S/C16H15ClN2/c1-12-7-8-15(17)16(9-12)19-11-14(10-18)13-5-3-2-4-6-13/h2-9,14,19H,11H2,1H3. The summed E-state index contributed by atoms with van der Waals surface area (Å²) in [7, 11) is 0. The Labute approximate surface area is 118 Å². The molecule has 0 bridgehead atoms. The van der Waals surface area contributed by atoms with E-state index in [2.05, 4.69) is 11.4 Å². The molecule has 0 aromatic heterocycles. The van der Waals surface area contributed by atoms with Crippen molar-refractivity contribution in [2.75, 3.05) is 11.9 Å². The Morgan fingerprint density at radius 1 is 1.21 bits per heavy atom. The minimum absolute atomic E-state index is 0.183. The third kappa shape index (κ3) is 3.49. The van der Waals surface area contributed by atoms with Crippen LogP contribution in [0.4, 0.5) is 5.69 Å². The number of hydrogen-bond donors (Lipinski definition) is 1. The fraction of sp³-hybridized carbons (Fsp3) is 0.188. The van der Waals surface area contributed by atoms with Crippen molar-refractivity contribution in [3.63, 3.8) is 0 Å². The lowest BCUT2D eigenvalue weighted by molar-refractivity contribution is 0.900. The zero-order chi connectivity index (χ0) is 13.7. The maximum absolute atomic E-state index is 9.26. The maximum atomic E-state index is 9.26. The highest BCUT2D eigenvalue weighted by Crippen LogP contribution is 2.24. The molecule has 0 saturated heterocycles. The number of nitriles is 1. The van der Waals surface area contributed by atoms with Gasteiger partial charge < -0.3 is 5.32 Å². The molecule has 0 spiro atoms. The van der Waals surface area contributed by atoms with Gasteiger partial charge in [-0.3, -0.25) is 0 Å². The summed E-state index contributed by atoms with van der Waals surface area (Å²) >= 11 is 6.12. The molecule has 3 heteroatoms. The Hall–Kier alpha value is -1.98. The Kier molecular flexibility index (Phi) is 4.43. The third-order valence-corrected chi connectivity index (χ3v) is 3.31. The van der Waals surface area contributed by atoms with Gasteiger partial charge in [0.25, 0.3) is 0 Å². The first-order valence-corrected chi connectivity index (χ1v) is 6.53. The summed E-state index contributed by atoms with van der Waals surface area (Å²) in [4.78, 5) is 0. The first-order valence-electron chi connectivity index (χ1n) is 6.15. The molecular formula is C16H15ClN2. The molecule has 2 aromatic rings. The highest BCUT2D eigenvalue weighted by atomic mass is 35.5. The van der Waals surface area contributed by atoms with E-state index in [1.54, 1.807) is 0 Å². The van der Waals surface area contributed by atoms with E-state index in [9.17, 15) is 5.26 Å². The van der Waals surface area contributed by atoms with Crippen molar-refractivity contribution in [3.8, 4) is 6.07 Å². The number of hydrogen-bond acceptors (Lipinski definition) is 2. The van der Waals surface area contributed by atoms with Crippen molar-refractivity contribution in [3.05, 3.63) is 64.7 Å². The molecule has 0 fully saturated rings. The van der Waals surface area contributed by atoms with Crippen LogP contribution in [0.2, 0.25) is 5.02 Å². The molecule has 2 aromatic carbocycles. The Bertz CT molecular complexity index is 587. The van der Waals surface area contributed by atoms with Crippen molar-refractivity contribution in [1.82, 2.24) is 0 Å². The SMILES string of the molecule is Cc1ccc(Cl)c(NCC(C#N)c2ccccc2)c1. The Balaban J connectivity index is 2.09. The van der Waals surface area contributed by atoms with Gasteiger partial charge in [0.05, 0.1) is 22.7 Å². The zero-order valence-electron chi connectivity index (χ0n) is 10.7. The van der Waals surface area contributed by atoms with Crippen molar-refractivity contribution >= 4 is 17.3 Å². The second kappa shape index (κ2) is 6.26. The number of rotatable bonds is 4. The van der Waals surface area contributed by atoms with Crippen molar-refractivity contribution in [2.24, 2.45) is 0 Å². The molecule has 0 heterocycles. The summed E-state index contributed by atoms with van der Waals surface area (Å²) < 4.78 is 0. The topological polar surface area (TPSA) is 35.8 Å². The van der Waals surface area contributed by atoms with Gasteiger partial charge in [-0.25, -0.2) is 0 Å². The van der Waals surface area contributed by atoms with Gasteiger partial charge >= 0.3 is 0 Å². The maximum Gasteiger partial charge on any atom is 0.0885 e. The molecule has 1 N–H and O–H groups in total. The second-order valence-corrected chi connectivity index (χ2v) is 4.86. The Morgan fingerprint density at radius 2 is 1.95 bits per heavy atom. The predicted octanol–water partition coefficient (Wildman–Crippen LogP) is 4.37. The summed E-state index contributed by atoms with van der Waals surface area (Å²) in [6, 6.07) is 17.9. The summed E-state index contributed by atoms with van der Waals surface area (Å²) in [5.41, 5.74) is 3.03. The fourth-order valence-electron chi connectivity index (χ4n) is 1.91. The number of nitrogens with one attached hydrogen (secondary N) is 1. The van der Waals surface area contributed by atoms with E-state index >= 15 is 0 Å². The average Bonchev–Trinajstić information content (AvgIpc) is 2.44. The van der Waals surface area contributed by atoms with Gasteiger partial charge in [-0.1, -0.05) is 48.0 Å².